The van der Waals surface area contributed by atoms with Crippen LogP contribution in [0, 0.1) is 23.7 Å². The molecule has 0 bridgehead atoms. The molecule has 19 heteroatoms. The first-order chi connectivity index (χ1) is 42.2. The van der Waals surface area contributed by atoms with Crippen LogP contribution in [0.15, 0.2) is 0 Å². The monoisotopic (exact) mass is 1300 g/mol. The van der Waals surface area contributed by atoms with E-state index in [-0.39, 0.29) is 25.7 Å². The summed E-state index contributed by atoms with van der Waals surface area (Å²) in [6.07, 6.45) is 40.3. The van der Waals surface area contributed by atoms with Crippen LogP contribution >= 0.6 is 15.6 Å². The summed E-state index contributed by atoms with van der Waals surface area (Å²) in [5.41, 5.74) is 0. The number of aliphatic hydroxyl groups is 1. The molecule has 17 nitrogen and oxygen atoms in total. The Balaban J connectivity index is 5.26. The summed E-state index contributed by atoms with van der Waals surface area (Å²) in [5.74, 6) is 0.884. The highest BCUT2D eigenvalue weighted by atomic mass is 31.2. The van der Waals surface area contributed by atoms with Crippen molar-refractivity contribution >= 4 is 39.5 Å². The molecule has 0 fully saturated rings. The number of phosphoric ester groups is 2. The molecular formula is C69H134O17P2. The molecule has 0 aliphatic heterocycles. The molecule has 0 aliphatic rings. The number of unbranched alkanes of at least 4 members (excludes halogenated alkanes) is 29. The first-order valence-electron chi connectivity index (χ1n) is 35.8. The van der Waals surface area contributed by atoms with E-state index in [0.29, 0.717) is 25.7 Å². The van der Waals surface area contributed by atoms with E-state index in [1.807, 2.05) is 0 Å². The van der Waals surface area contributed by atoms with E-state index in [1.165, 1.54) is 128 Å². The number of phosphoric acid groups is 2. The topological polar surface area (TPSA) is 237 Å². The fraction of sp³-hybridized carbons (Fsp3) is 0.942. The summed E-state index contributed by atoms with van der Waals surface area (Å²) in [4.78, 5) is 72.5. The summed E-state index contributed by atoms with van der Waals surface area (Å²) < 4.78 is 68.2. The second-order valence-electron chi connectivity index (χ2n) is 26.1. The van der Waals surface area contributed by atoms with E-state index in [4.69, 9.17) is 37.0 Å². The van der Waals surface area contributed by atoms with Crippen LogP contribution in [0.2, 0.25) is 0 Å². The Labute approximate surface area is 537 Å². The minimum absolute atomic E-state index is 0.103. The lowest BCUT2D eigenvalue weighted by atomic mass is 9.99. The third-order valence-electron chi connectivity index (χ3n) is 16.9. The molecule has 8 atom stereocenters. The Morgan fingerprint density at radius 1 is 0.318 bits per heavy atom. The molecule has 0 saturated heterocycles. The van der Waals surface area contributed by atoms with E-state index in [2.05, 4.69) is 55.4 Å². The molecule has 3 N–H and O–H groups in total. The summed E-state index contributed by atoms with van der Waals surface area (Å²) >= 11 is 0. The summed E-state index contributed by atoms with van der Waals surface area (Å²) in [7, 11) is -9.90. The van der Waals surface area contributed by atoms with Gasteiger partial charge in [0.25, 0.3) is 0 Å². The first-order valence-corrected chi connectivity index (χ1v) is 38.8. The quantitative estimate of drug-likeness (QED) is 0.0222. The first kappa shape index (κ1) is 86.1. The maximum atomic E-state index is 13.0. The number of rotatable bonds is 66. The van der Waals surface area contributed by atoms with Crippen LogP contribution in [0.4, 0.5) is 0 Å². The van der Waals surface area contributed by atoms with E-state index in [9.17, 15) is 43.2 Å². The SMILES string of the molecule is CCC(C)CCCCCCCCCCC(=O)O[C@H](COC(=O)CCCCCCCCC(C)CC)COP(=O)(O)OC[C@@H](O)COP(=O)(O)OC[C@@H](COC(=O)CCCCCCCCC(C)CC)OC(=O)CCCCCCCCCCCCCCCC(C)C. The van der Waals surface area contributed by atoms with Crippen molar-refractivity contribution in [1.29, 1.82) is 0 Å². The number of esters is 4. The molecule has 0 heterocycles. The van der Waals surface area contributed by atoms with Crippen molar-refractivity contribution in [2.75, 3.05) is 39.6 Å². The number of ether oxygens (including phenoxy) is 4. The molecule has 0 aromatic heterocycles. The van der Waals surface area contributed by atoms with Gasteiger partial charge in [-0.15, -0.1) is 0 Å². The average molecular weight is 1300 g/mol. The molecule has 0 amide bonds. The van der Waals surface area contributed by atoms with Gasteiger partial charge in [0, 0.05) is 25.7 Å². The number of hydrogen-bond acceptors (Lipinski definition) is 15. The minimum atomic E-state index is -4.95. The molecule has 5 unspecified atom stereocenters. The van der Waals surface area contributed by atoms with Gasteiger partial charge in [0.15, 0.2) is 12.2 Å². The maximum absolute atomic E-state index is 13.0. The summed E-state index contributed by atoms with van der Waals surface area (Å²) in [6, 6.07) is 0. The zero-order chi connectivity index (χ0) is 65.4. The average Bonchev–Trinajstić information content (AvgIpc) is 3.52. The predicted octanol–water partition coefficient (Wildman–Crippen LogP) is 19.3. The maximum Gasteiger partial charge on any atom is 0.472 e. The van der Waals surface area contributed by atoms with Crippen LogP contribution < -0.4 is 0 Å². The van der Waals surface area contributed by atoms with Crippen LogP contribution in [-0.2, 0) is 65.4 Å². The molecular weight excluding hydrogens is 1160 g/mol. The predicted molar refractivity (Wildman–Crippen MR) is 354 cm³/mol. The fourth-order valence-corrected chi connectivity index (χ4v) is 11.8. The summed E-state index contributed by atoms with van der Waals surface area (Å²) in [5, 5.41) is 10.6. The number of carbonyl (C=O) groups is 4. The Morgan fingerprint density at radius 2 is 0.545 bits per heavy atom. The highest BCUT2D eigenvalue weighted by Gasteiger charge is 2.30. The smallest absolute Gasteiger partial charge is 0.462 e. The third kappa shape index (κ3) is 59.1. The lowest BCUT2D eigenvalue weighted by Gasteiger charge is -2.21. The second kappa shape index (κ2) is 58.8. The third-order valence-corrected chi connectivity index (χ3v) is 18.8. The van der Waals surface area contributed by atoms with E-state index >= 15 is 0 Å². The van der Waals surface area contributed by atoms with E-state index < -0.39 is 97.5 Å². The van der Waals surface area contributed by atoms with Crippen LogP contribution in [0.3, 0.4) is 0 Å². The molecule has 0 aromatic rings. The van der Waals surface area contributed by atoms with E-state index in [1.54, 1.807) is 0 Å². The van der Waals surface area contributed by atoms with E-state index in [0.717, 1.165) is 126 Å². The highest BCUT2D eigenvalue weighted by Crippen LogP contribution is 2.45. The van der Waals surface area contributed by atoms with Crippen molar-refractivity contribution in [2.45, 2.75) is 356 Å². The molecule has 0 aliphatic carbocycles. The minimum Gasteiger partial charge on any atom is -0.462 e. The van der Waals surface area contributed by atoms with Gasteiger partial charge in [-0.25, -0.2) is 9.13 Å². The Bertz CT molecular complexity index is 1750. The number of aliphatic hydroxyl groups excluding tert-OH is 1. The van der Waals surface area contributed by atoms with Crippen molar-refractivity contribution in [3.63, 3.8) is 0 Å². The Kier molecular flexibility index (Phi) is 57.6. The van der Waals surface area contributed by atoms with Gasteiger partial charge in [0.1, 0.15) is 19.3 Å². The van der Waals surface area contributed by atoms with Gasteiger partial charge in [-0.05, 0) is 49.4 Å². The summed E-state index contributed by atoms with van der Waals surface area (Å²) in [6.45, 7) is 14.1. The fourth-order valence-electron chi connectivity index (χ4n) is 10.2. The Hall–Kier alpha value is -1.94. The van der Waals surface area contributed by atoms with Crippen molar-refractivity contribution in [3.8, 4) is 0 Å². The lowest BCUT2D eigenvalue weighted by molar-refractivity contribution is -0.161. The van der Waals surface area contributed by atoms with Gasteiger partial charge in [0.2, 0.25) is 0 Å². The molecule has 0 aromatic carbocycles. The molecule has 522 valence electrons. The normalized spacial score (nSPS) is 15.2. The zero-order valence-electron chi connectivity index (χ0n) is 57.3. The van der Waals surface area contributed by atoms with Crippen molar-refractivity contribution in [1.82, 2.24) is 0 Å². The second-order valence-corrected chi connectivity index (χ2v) is 29.0. The molecule has 0 spiro atoms. The molecule has 0 rings (SSSR count). The van der Waals surface area contributed by atoms with Crippen molar-refractivity contribution < 1.29 is 80.2 Å². The van der Waals surface area contributed by atoms with Crippen LogP contribution in [-0.4, -0.2) is 96.7 Å². The van der Waals surface area contributed by atoms with Crippen LogP contribution in [0.1, 0.15) is 338 Å². The van der Waals surface area contributed by atoms with Gasteiger partial charge in [0.05, 0.1) is 26.4 Å². The highest BCUT2D eigenvalue weighted by molar-refractivity contribution is 7.47. The lowest BCUT2D eigenvalue weighted by Crippen LogP contribution is -2.30. The van der Waals surface area contributed by atoms with Crippen LogP contribution in [0.5, 0.6) is 0 Å². The Morgan fingerprint density at radius 3 is 0.807 bits per heavy atom. The van der Waals surface area contributed by atoms with Gasteiger partial charge in [-0.3, -0.25) is 37.3 Å². The zero-order valence-corrected chi connectivity index (χ0v) is 59.1. The van der Waals surface area contributed by atoms with Gasteiger partial charge < -0.3 is 33.8 Å². The number of hydrogen-bond donors (Lipinski definition) is 3. The molecule has 0 saturated carbocycles. The molecule has 0 radical (unpaired) electrons. The standard InChI is InChI=1S/C69H134O17P2/c1-9-60(6)46-38-30-22-19-20-24-36-44-52-69(74)86-65(56-80-67(72)50-42-34-28-26-32-40-48-62(8)11-3)58-84-88(77,78)82-54-63(70)53-81-87(75,76)83-57-64(55-79-66(71)49-41-33-27-25-31-39-47-61(7)10-2)85-68(73)51-43-35-23-18-16-14-12-13-15-17-21-29-37-45-59(4)5/h59-65,70H,9-58H2,1-8H3,(H,75,76)(H,77,78)/t60?,61?,62?,63-,64+,65+/m0/s1. The van der Waals surface area contributed by atoms with Gasteiger partial charge >= 0.3 is 39.5 Å². The van der Waals surface area contributed by atoms with Crippen LogP contribution in [0.25, 0.3) is 0 Å². The van der Waals surface area contributed by atoms with Crippen molar-refractivity contribution in [2.24, 2.45) is 23.7 Å². The number of carbonyl (C=O) groups excluding carboxylic acids is 4. The molecule has 88 heavy (non-hydrogen) atoms. The largest absolute Gasteiger partial charge is 0.472 e. The van der Waals surface area contributed by atoms with Crippen molar-refractivity contribution in [3.05, 3.63) is 0 Å². The van der Waals surface area contributed by atoms with Gasteiger partial charge in [-0.1, -0.05) is 287 Å². The van der Waals surface area contributed by atoms with Gasteiger partial charge in [-0.2, -0.15) is 0 Å².